The third-order valence-corrected chi connectivity index (χ3v) is 6.12. The van der Waals surface area contributed by atoms with E-state index in [0.717, 1.165) is 68.9 Å². The summed E-state index contributed by atoms with van der Waals surface area (Å²) in [6, 6.07) is 16.3. The third kappa shape index (κ3) is 6.23. The Morgan fingerprint density at radius 3 is 2.42 bits per heavy atom. The number of carbonyl (C=O) groups excluding carboxylic acids is 1. The summed E-state index contributed by atoms with van der Waals surface area (Å²) in [7, 11) is 3.35. The number of para-hydroxylation sites is 1. The normalized spacial score (nSPS) is 14.9. The van der Waals surface area contributed by atoms with Gasteiger partial charge in [0.25, 0.3) is 0 Å². The first-order valence-electron chi connectivity index (χ1n) is 11.4. The summed E-state index contributed by atoms with van der Waals surface area (Å²) in [5.74, 6) is 1.99. The van der Waals surface area contributed by atoms with E-state index in [1.54, 1.807) is 14.2 Å². The van der Waals surface area contributed by atoms with Gasteiger partial charge >= 0.3 is 0 Å². The fourth-order valence-electron chi connectivity index (χ4n) is 4.34. The maximum Gasteiger partial charge on any atom is 0.226 e. The molecule has 3 rings (SSSR count). The van der Waals surface area contributed by atoms with Crippen LogP contribution in [0.5, 0.6) is 11.5 Å². The average molecular weight is 425 g/mol. The van der Waals surface area contributed by atoms with Gasteiger partial charge in [-0.15, -0.1) is 0 Å². The summed E-state index contributed by atoms with van der Waals surface area (Å²) in [6.07, 6.45) is 3.96. The molecule has 2 aromatic rings. The van der Waals surface area contributed by atoms with Gasteiger partial charge in [-0.3, -0.25) is 9.69 Å². The van der Waals surface area contributed by atoms with E-state index in [4.69, 9.17) is 9.47 Å². The monoisotopic (exact) mass is 424 g/mol. The van der Waals surface area contributed by atoms with Crippen LogP contribution in [-0.2, 0) is 17.9 Å². The zero-order chi connectivity index (χ0) is 22.1. The first-order chi connectivity index (χ1) is 15.2. The first-order valence-corrected chi connectivity index (χ1v) is 11.4. The Labute approximate surface area is 187 Å². The zero-order valence-electron chi connectivity index (χ0n) is 19.2. The average Bonchev–Trinajstić information content (AvgIpc) is 2.82. The zero-order valence-corrected chi connectivity index (χ0v) is 19.2. The smallest absolute Gasteiger partial charge is 0.226 e. The van der Waals surface area contributed by atoms with Crippen molar-refractivity contribution in [2.45, 2.75) is 45.7 Å². The van der Waals surface area contributed by atoms with Crippen molar-refractivity contribution in [3.63, 3.8) is 0 Å². The van der Waals surface area contributed by atoms with Gasteiger partial charge in [0.2, 0.25) is 5.91 Å². The number of unbranched alkanes of at least 4 members (excludes halogenated alkanes) is 1. The molecule has 5 heteroatoms. The summed E-state index contributed by atoms with van der Waals surface area (Å²) in [5, 5.41) is 0. The van der Waals surface area contributed by atoms with Crippen molar-refractivity contribution in [2.24, 2.45) is 5.92 Å². The number of benzene rings is 2. The van der Waals surface area contributed by atoms with E-state index in [1.807, 2.05) is 30.3 Å². The standard InChI is InChI=1S/C26H36N2O3/c1-4-5-16-28(19-21-10-7-6-8-11-21)26(29)22-14-17-27(18-15-22)20-23-12-9-13-24(30-2)25(23)31-3/h6-13,22H,4-5,14-20H2,1-3H3. The molecule has 0 aromatic heterocycles. The summed E-state index contributed by atoms with van der Waals surface area (Å²) in [4.78, 5) is 17.8. The minimum atomic E-state index is 0.115. The Hall–Kier alpha value is -2.53. The van der Waals surface area contributed by atoms with Gasteiger partial charge in [0.15, 0.2) is 11.5 Å². The molecular weight excluding hydrogens is 388 g/mol. The largest absolute Gasteiger partial charge is 0.493 e. The highest BCUT2D eigenvalue weighted by Gasteiger charge is 2.29. The van der Waals surface area contributed by atoms with Gasteiger partial charge in [0, 0.05) is 31.1 Å². The minimum Gasteiger partial charge on any atom is -0.493 e. The molecule has 0 radical (unpaired) electrons. The number of rotatable bonds is 10. The van der Waals surface area contributed by atoms with E-state index < -0.39 is 0 Å². The van der Waals surface area contributed by atoms with Gasteiger partial charge in [0.05, 0.1) is 14.2 Å². The summed E-state index contributed by atoms with van der Waals surface area (Å²) < 4.78 is 11.0. The highest BCUT2D eigenvalue weighted by molar-refractivity contribution is 5.79. The van der Waals surface area contributed by atoms with Gasteiger partial charge in [-0.2, -0.15) is 0 Å². The van der Waals surface area contributed by atoms with Crippen LogP contribution in [0.1, 0.15) is 43.7 Å². The molecule has 0 bridgehead atoms. The molecule has 1 aliphatic heterocycles. The Kier molecular flexibility index (Phi) is 8.77. The third-order valence-electron chi connectivity index (χ3n) is 6.12. The molecule has 1 heterocycles. The molecule has 31 heavy (non-hydrogen) atoms. The predicted octanol–water partition coefficient (Wildman–Crippen LogP) is 4.74. The van der Waals surface area contributed by atoms with Crippen LogP contribution < -0.4 is 9.47 Å². The lowest BCUT2D eigenvalue weighted by atomic mass is 9.94. The van der Waals surface area contributed by atoms with Crippen molar-refractivity contribution in [3.8, 4) is 11.5 Å². The molecule has 1 fully saturated rings. The Morgan fingerprint density at radius 2 is 1.77 bits per heavy atom. The Bertz CT molecular complexity index is 817. The molecule has 5 nitrogen and oxygen atoms in total. The van der Waals surface area contributed by atoms with Gasteiger partial charge in [-0.05, 0) is 44.0 Å². The molecule has 0 unspecified atom stereocenters. The van der Waals surface area contributed by atoms with E-state index >= 15 is 0 Å². The summed E-state index contributed by atoms with van der Waals surface area (Å²) in [6.45, 7) is 6.38. The van der Waals surface area contributed by atoms with Crippen LogP contribution in [0.2, 0.25) is 0 Å². The van der Waals surface area contributed by atoms with Gasteiger partial charge in [0.1, 0.15) is 0 Å². The lowest BCUT2D eigenvalue weighted by molar-refractivity contribution is -0.137. The maximum atomic E-state index is 13.3. The molecule has 0 aliphatic carbocycles. The van der Waals surface area contributed by atoms with Crippen molar-refractivity contribution >= 4 is 5.91 Å². The van der Waals surface area contributed by atoms with Gasteiger partial charge in [-0.1, -0.05) is 55.8 Å². The molecule has 168 valence electrons. The highest BCUT2D eigenvalue weighted by atomic mass is 16.5. The Morgan fingerprint density at radius 1 is 1.03 bits per heavy atom. The Balaban J connectivity index is 1.59. The van der Waals surface area contributed by atoms with Crippen molar-refractivity contribution in [2.75, 3.05) is 33.9 Å². The molecule has 0 atom stereocenters. The fraction of sp³-hybridized carbons (Fsp3) is 0.500. The number of nitrogens with zero attached hydrogens (tertiary/aromatic N) is 2. The molecule has 0 N–H and O–H groups in total. The second kappa shape index (κ2) is 11.8. The number of hydrogen-bond acceptors (Lipinski definition) is 4. The molecule has 1 aliphatic rings. The van der Waals surface area contributed by atoms with E-state index in [0.29, 0.717) is 12.5 Å². The van der Waals surface area contributed by atoms with E-state index in [9.17, 15) is 4.79 Å². The van der Waals surface area contributed by atoms with Gasteiger partial charge < -0.3 is 14.4 Å². The first kappa shape index (κ1) is 23.1. The van der Waals surface area contributed by atoms with Crippen LogP contribution in [0.15, 0.2) is 48.5 Å². The van der Waals surface area contributed by atoms with Crippen LogP contribution in [-0.4, -0.2) is 49.6 Å². The topological polar surface area (TPSA) is 42.0 Å². The predicted molar refractivity (Wildman–Crippen MR) is 124 cm³/mol. The van der Waals surface area contributed by atoms with Crippen LogP contribution in [0.3, 0.4) is 0 Å². The van der Waals surface area contributed by atoms with Crippen molar-refractivity contribution in [3.05, 3.63) is 59.7 Å². The maximum absolute atomic E-state index is 13.3. The van der Waals surface area contributed by atoms with Crippen molar-refractivity contribution in [1.82, 2.24) is 9.80 Å². The quantitative estimate of drug-likeness (QED) is 0.552. The van der Waals surface area contributed by atoms with Crippen molar-refractivity contribution in [1.29, 1.82) is 0 Å². The summed E-state index contributed by atoms with van der Waals surface area (Å²) >= 11 is 0. The second-order valence-electron chi connectivity index (χ2n) is 8.30. The molecule has 1 saturated heterocycles. The molecular formula is C26H36N2O3. The lowest BCUT2D eigenvalue weighted by Crippen LogP contribution is -2.42. The number of piperidine rings is 1. The number of ether oxygens (including phenoxy) is 2. The van der Waals surface area contributed by atoms with Gasteiger partial charge in [-0.25, -0.2) is 0 Å². The van der Waals surface area contributed by atoms with Crippen LogP contribution in [0, 0.1) is 5.92 Å². The number of amides is 1. The fourth-order valence-corrected chi connectivity index (χ4v) is 4.34. The van der Waals surface area contributed by atoms with Crippen LogP contribution >= 0.6 is 0 Å². The minimum absolute atomic E-state index is 0.115. The van der Waals surface area contributed by atoms with E-state index in [-0.39, 0.29) is 5.92 Å². The number of likely N-dealkylation sites (tertiary alicyclic amines) is 1. The van der Waals surface area contributed by atoms with Crippen molar-refractivity contribution < 1.29 is 14.3 Å². The molecule has 0 spiro atoms. The number of carbonyl (C=O) groups is 1. The van der Waals surface area contributed by atoms with Crippen LogP contribution in [0.25, 0.3) is 0 Å². The molecule has 2 aromatic carbocycles. The highest BCUT2D eigenvalue weighted by Crippen LogP contribution is 2.32. The van der Waals surface area contributed by atoms with E-state index in [2.05, 4.69) is 34.9 Å². The molecule has 1 amide bonds. The SMILES string of the molecule is CCCCN(Cc1ccccc1)C(=O)C1CCN(Cc2cccc(OC)c2OC)CC1. The molecule has 0 saturated carbocycles. The number of methoxy groups -OCH3 is 2. The van der Waals surface area contributed by atoms with Crippen LogP contribution in [0.4, 0.5) is 0 Å². The summed E-state index contributed by atoms with van der Waals surface area (Å²) in [5.41, 5.74) is 2.33. The van der Waals surface area contributed by atoms with E-state index in [1.165, 1.54) is 5.56 Å². The lowest BCUT2D eigenvalue weighted by Gasteiger charge is -2.34. The number of hydrogen-bond donors (Lipinski definition) is 0. The second-order valence-corrected chi connectivity index (χ2v) is 8.30.